The van der Waals surface area contributed by atoms with Gasteiger partial charge in [0.15, 0.2) is 0 Å². The molecular formula is C12H26N2O2. The van der Waals surface area contributed by atoms with Gasteiger partial charge in [0.05, 0.1) is 13.2 Å². The van der Waals surface area contributed by atoms with Gasteiger partial charge < -0.3 is 10.2 Å². The summed E-state index contributed by atoms with van der Waals surface area (Å²) in [6.07, 6.45) is 0. The van der Waals surface area contributed by atoms with Gasteiger partial charge in [-0.25, -0.2) is 0 Å². The lowest BCUT2D eigenvalue weighted by molar-refractivity contribution is -0.0234. The van der Waals surface area contributed by atoms with Crippen LogP contribution in [0.15, 0.2) is 0 Å². The fourth-order valence-corrected chi connectivity index (χ4v) is 2.27. The van der Waals surface area contributed by atoms with Crippen molar-refractivity contribution in [1.82, 2.24) is 9.80 Å². The minimum atomic E-state index is -0.106. The Labute approximate surface area is 98.9 Å². The van der Waals surface area contributed by atoms with E-state index >= 15 is 0 Å². The maximum absolute atomic E-state index is 9.58. The summed E-state index contributed by atoms with van der Waals surface area (Å²) in [5.74, 6) is 0.446. The number of β-amino-alcohol motifs (C(OH)–C–C–N with tert-alkyl or cyclic N) is 1. The monoisotopic (exact) mass is 230 g/mol. The molecule has 0 aromatic rings. The smallest absolute Gasteiger partial charge is 0.0615 e. The minimum absolute atomic E-state index is 0.106. The number of hydrogen-bond donors (Lipinski definition) is 2. The Hall–Kier alpha value is -0.160. The van der Waals surface area contributed by atoms with E-state index in [-0.39, 0.29) is 18.8 Å². The Morgan fingerprint density at radius 3 is 2.06 bits per heavy atom. The number of nitrogens with zero attached hydrogens (tertiary/aromatic N) is 2. The molecule has 0 aliphatic carbocycles. The van der Waals surface area contributed by atoms with Crippen molar-refractivity contribution in [3.63, 3.8) is 0 Å². The molecule has 96 valence electrons. The van der Waals surface area contributed by atoms with E-state index in [0.717, 1.165) is 32.7 Å². The molecule has 1 aliphatic heterocycles. The summed E-state index contributed by atoms with van der Waals surface area (Å²) >= 11 is 0. The molecule has 1 rings (SSSR count). The van der Waals surface area contributed by atoms with Crippen LogP contribution in [-0.2, 0) is 0 Å². The second kappa shape index (κ2) is 5.96. The van der Waals surface area contributed by atoms with E-state index in [9.17, 15) is 5.11 Å². The first-order valence-electron chi connectivity index (χ1n) is 6.23. The Morgan fingerprint density at radius 2 is 1.69 bits per heavy atom. The Balaban J connectivity index is 2.51. The quantitative estimate of drug-likeness (QED) is 0.698. The summed E-state index contributed by atoms with van der Waals surface area (Å²) in [7, 11) is 0. The summed E-state index contributed by atoms with van der Waals surface area (Å²) in [4.78, 5) is 4.65. The van der Waals surface area contributed by atoms with E-state index in [4.69, 9.17) is 5.11 Å². The molecule has 1 unspecified atom stereocenters. The molecule has 4 nitrogen and oxygen atoms in total. The van der Waals surface area contributed by atoms with Gasteiger partial charge in [0.1, 0.15) is 0 Å². The number of aliphatic hydroxyl groups excluding tert-OH is 2. The molecule has 1 fully saturated rings. The predicted molar refractivity (Wildman–Crippen MR) is 65.4 cm³/mol. The average Bonchev–Trinajstić information content (AvgIpc) is 2.29. The van der Waals surface area contributed by atoms with Crippen molar-refractivity contribution < 1.29 is 10.2 Å². The lowest BCUT2D eigenvalue weighted by Crippen LogP contribution is -2.59. The van der Waals surface area contributed by atoms with Gasteiger partial charge in [-0.2, -0.15) is 0 Å². The van der Waals surface area contributed by atoms with Gasteiger partial charge in [-0.05, 0) is 12.8 Å². The van der Waals surface area contributed by atoms with Gasteiger partial charge in [-0.1, -0.05) is 13.8 Å². The van der Waals surface area contributed by atoms with Crippen LogP contribution in [0.2, 0.25) is 0 Å². The number of aliphatic hydroxyl groups is 2. The lowest BCUT2D eigenvalue weighted by Gasteiger charge is -2.47. The molecule has 2 N–H and O–H groups in total. The molecule has 4 heteroatoms. The number of piperazine rings is 1. The van der Waals surface area contributed by atoms with Crippen LogP contribution in [-0.4, -0.2) is 71.5 Å². The van der Waals surface area contributed by atoms with Crippen molar-refractivity contribution in [2.75, 3.05) is 45.9 Å². The van der Waals surface area contributed by atoms with Crippen LogP contribution in [0.5, 0.6) is 0 Å². The molecule has 1 saturated heterocycles. The molecule has 0 spiro atoms. The van der Waals surface area contributed by atoms with Crippen LogP contribution in [0.25, 0.3) is 0 Å². The zero-order valence-electron chi connectivity index (χ0n) is 10.8. The highest BCUT2D eigenvalue weighted by molar-refractivity contribution is 4.91. The zero-order chi connectivity index (χ0) is 12.2. The largest absolute Gasteiger partial charge is 0.395 e. The van der Waals surface area contributed by atoms with E-state index in [1.54, 1.807) is 0 Å². The molecule has 1 heterocycles. The fourth-order valence-electron chi connectivity index (χ4n) is 2.27. The first-order valence-corrected chi connectivity index (χ1v) is 6.23. The summed E-state index contributed by atoms with van der Waals surface area (Å²) in [6.45, 7) is 11.6. The first-order chi connectivity index (χ1) is 7.54. The second-order valence-corrected chi connectivity index (χ2v) is 5.22. The van der Waals surface area contributed by atoms with Crippen LogP contribution in [0.1, 0.15) is 20.8 Å². The van der Waals surface area contributed by atoms with E-state index in [1.165, 1.54) is 0 Å². The van der Waals surface area contributed by atoms with E-state index < -0.39 is 0 Å². The van der Waals surface area contributed by atoms with Crippen molar-refractivity contribution in [3.8, 4) is 0 Å². The Bertz CT molecular complexity index is 203. The standard InChI is InChI=1S/C12H26N2O2/c1-11(2)12(3,10-16)14-6-4-13(5-7-14)8-9-15/h11,15-16H,4-10H2,1-3H3. The van der Waals surface area contributed by atoms with Crippen LogP contribution >= 0.6 is 0 Å². The van der Waals surface area contributed by atoms with Gasteiger partial charge in [-0.15, -0.1) is 0 Å². The van der Waals surface area contributed by atoms with Gasteiger partial charge in [0, 0.05) is 38.3 Å². The Kier molecular flexibility index (Phi) is 5.18. The normalized spacial score (nSPS) is 23.6. The molecule has 0 saturated carbocycles. The van der Waals surface area contributed by atoms with Crippen LogP contribution in [0.3, 0.4) is 0 Å². The third-order valence-corrected chi connectivity index (χ3v) is 4.07. The van der Waals surface area contributed by atoms with E-state index in [1.807, 2.05) is 0 Å². The molecule has 16 heavy (non-hydrogen) atoms. The first kappa shape index (κ1) is 13.9. The van der Waals surface area contributed by atoms with Crippen molar-refractivity contribution in [1.29, 1.82) is 0 Å². The van der Waals surface area contributed by atoms with Crippen LogP contribution < -0.4 is 0 Å². The topological polar surface area (TPSA) is 46.9 Å². The summed E-state index contributed by atoms with van der Waals surface area (Å²) < 4.78 is 0. The molecule has 1 atom stereocenters. The third kappa shape index (κ3) is 2.94. The summed E-state index contributed by atoms with van der Waals surface area (Å²) in [5, 5.41) is 18.5. The molecule has 0 bridgehead atoms. The van der Waals surface area contributed by atoms with Gasteiger partial charge in [0.2, 0.25) is 0 Å². The third-order valence-electron chi connectivity index (χ3n) is 4.07. The highest BCUT2D eigenvalue weighted by Crippen LogP contribution is 2.25. The number of hydrogen-bond acceptors (Lipinski definition) is 4. The fraction of sp³-hybridized carbons (Fsp3) is 1.00. The molecule has 0 aromatic carbocycles. The van der Waals surface area contributed by atoms with Gasteiger partial charge >= 0.3 is 0 Å². The molecule has 0 amide bonds. The Morgan fingerprint density at radius 1 is 1.12 bits per heavy atom. The van der Waals surface area contributed by atoms with Gasteiger partial charge in [-0.3, -0.25) is 9.80 Å². The van der Waals surface area contributed by atoms with Crippen molar-refractivity contribution >= 4 is 0 Å². The summed E-state index contributed by atoms with van der Waals surface area (Å²) in [6, 6.07) is 0. The highest BCUT2D eigenvalue weighted by Gasteiger charge is 2.35. The molecule has 0 aromatic heterocycles. The minimum Gasteiger partial charge on any atom is -0.395 e. The van der Waals surface area contributed by atoms with Crippen molar-refractivity contribution in [2.45, 2.75) is 26.3 Å². The summed E-state index contributed by atoms with van der Waals surface area (Å²) in [5.41, 5.74) is -0.106. The molecular weight excluding hydrogens is 204 g/mol. The number of rotatable bonds is 5. The second-order valence-electron chi connectivity index (χ2n) is 5.22. The zero-order valence-corrected chi connectivity index (χ0v) is 10.8. The average molecular weight is 230 g/mol. The predicted octanol–water partition coefficient (Wildman–Crippen LogP) is 0.00330. The molecule has 0 radical (unpaired) electrons. The molecule has 1 aliphatic rings. The maximum Gasteiger partial charge on any atom is 0.0615 e. The van der Waals surface area contributed by atoms with E-state index in [0.29, 0.717) is 5.92 Å². The van der Waals surface area contributed by atoms with Crippen LogP contribution in [0.4, 0.5) is 0 Å². The van der Waals surface area contributed by atoms with Crippen LogP contribution in [0, 0.1) is 5.92 Å². The van der Waals surface area contributed by atoms with E-state index in [2.05, 4.69) is 30.6 Å². The van der Waals surface area contributed by atoms with Crippen molar-refractivity contribution in [2.24, 2.45) is 5.92 Å². The SMILES string of the molecule is CC(C)C(C)(CO)N1CCN(CCO)CC1. The van der Waals surface area contributed by atoms with Gasteiger partial charge in [0.25, 0.3) is 0 Å². The highest BCUT2D eigenvalue weighted by atomic mass is 16.3. The maximum atomic E-state index is 9.58. The van der Waals surface area contributed by atoms with Crippen molar-refractivity contribution in [3.05, 3.63) is 0 Å². The lowest BCUT2D eigenvalue weighted by atomic mass is 9.87.